The number of benzene rings is 2. The fraction of sp³-hybridized carbons (Fsp3) is 0.143. The molecule has 100 valence electrons. The van der Waals surface area contributed by atoms with Crippen molar-refractivity contribution < 1.29 is 9.13 Å². The van der Waals surface area contributed by atoms with Gasteiger partial charge in [0.15, 0.2) is 11.6 Å². The van der Waals surface area contributed by atoms with E-state index in [0.717, 1.165) is 5.56 Å². The van der Waals surface area contributed by atoms with Gasteiger partial charge in [-0.2, -0.15) is 0 Å². The highest BCUT2D eigenvalue weighted by Gasteiger charge is 2.07. The van der Waals surface area contributed by atoms with Crippen LogP contribution in [0.25, 0.3) is 0 Å². The maximum absolute atomic E-state index is 13.8. The average molecular weight is 300 g/mol. The van der Waals surface area contributed by atoms with Crippen molar-refractivity contribution in [3.05, 3.63) is 57.8 Å². The quantitative estimate of drug-likeness (QED) is 0.888. The third kappa shape index (κ3) is 3.83. The van der Waals surface area contributed by atoms with Gasteiger partial charge in [-0.25, -0.2) is 4.39 Å². The van der Waals surface area contributed by atoms with E-state index in [1.165, 1.54) is 6.07 Å². The van der Waals surface area contributed by atoms with Crippen molar-refractivity contribution in [2.24, 2.45) is 0 Å². The first-order chi connectivity index (χ1) is 9.08. The second kappa shape index (κ2) is 6.24. The molecule has 5 heteroatoms. The molecule has 2 nitrogen and oxygen atoms in total. The molecule has 1 N–H and O–H groups in total. The normalized spacial score (nSPS) is 10.5. The lowest BCUT2D eigenvalue weighted by Crippen LogP contribution is -2.05. The molecule has 0 spiro atoms. The Bertz CT molecular complexity index is 569. The summed E-state index contributed by atoms with van der Waals surface area (Å²) < 4.78 is 19.3. The van der Waals surface area contributed by atoms with Gasteiger partial charge < -0.3 is 10.1 Å². The van der Waals surface area contributed by atoms with Crippen molar-refractivity contribution >= 4 is 23.2 Å². The van der Waals surface area contributed by atoms with Crippen LogP contribution in [0, 0.1) is 5.82 Å². The molecule has 0 aromatic heterocycles. The second-order valence-electron chi connectivity index (χ2n) is 4.00. The van der Waals surface area contributed by atoms with Gasteiger partial charge in [-0.15, -0.1) is 0 Å². The summed E-state index contributed by atoms with van der Waals surface area (Å²) in [6.07, 6.45) is 0. The third-order valence-corrected chi connectivity index (χ3v) is 2.88. The number of hydrogen-bond donors (Lipinski definition) is 1. The SMILES string of the molecule is CNCc1ccc(Oc2cc(Cl)cc(Cl)c2)c(F)c1. The zero-order valence-electron chi connectivity index (χ0n) is 10.2. The molecule has 2 rings (SSSR count). The zero-order valence-corrected chi connectivity index (χ0v) is 11.7. The lowest BCUT2D eigenvalue weighted by atomic mass is 10.2. The summed E-state index contributed by atoms with van der Waals surface area (Å²) in [7, 11) is 1.80. The first kappa shape index (κ1) is 14.1. The molecule has 0 heterocycles. The molecule has 2 aromatic carbocycles. The van der Waals surface area contributed by atoms with Crippen molar-refractivity contribution in [1.82, 2.24) is 5.32 Å². The number of hydrogen-bond acceptors (Lipinski definition) is 2. The van der Waals surface area contributed by atoms with Crippen molar-refractivity contribution in [3.8, 4) is 11.5 Å². The van der Waals surface area contributed by atoms with Crippen LogP contribution in [0.15, 0.2) is 36.4 Å². The number of halogens is 3. The second-order valence-corrected chi connectivity index (χ2v) is 4.88. The highest BCUT2D eigenvalue weighted by molar-refractivity contribution is 6.34. The standard InChI is InChI=1S/C14H12Cl2FNO/c1-18-8-9-2-3-14(13(17)4-9)19-12-6-10(15)5-11(16)7-12/h2-7,18H,8H2,1H3. The zero-order chi connectivity index (χ0) is 13.8. The average Bonchev–Trinajstić information content (AvgIpc) is 2.32. The van der Waals surface area contributed by atoms with E-state index >= 15 is 0 Å². The van der Waals surface area contributed by atoms with E-state index in [-0.39, 0.29) is 5.75 Å². The number of rotatable bonds is 4. The summed E-state index contributed by atoms with van der Waals surface area (Å²) in [4.78, 5) is 0. The van der Waals surface area contributed by atoms with Crippen LogP contribution in [0.4, 0.5) is 4.39 Å². The molecule has 0 saturated heterocycles. The van der Waals surface area contributed by atoms with E-state index in [1.54, 1.807) is 37.4 Å². The molecule has 0 saturated carbocycles. The molecule has 2 aromatic rings. The van der Waals surface area contributed by atoms with Gasteiger partial charge in [-0.1, -0.05) is 29.3 Å². The van der Waals surface area contributed by atoms with Crippen LogP contribution < -0.4 is 10.1 Å². The predicted molar refractivity (Wildman–Crippen MR) is 75.7 cm³/mol. The van der Waals surface area contributed by atoms with Crippen LogP contribution in [0.3, 0.4) is 0 Å². The van der Waals surface area contributed by atoms with E-state index < -0.39 is 5.82 Å². The highest BCUT2D eigenvalue weighted by Crippen LogP contribution is 2.30. The van der Waals surface area contributed by atoms with Crippen molar-refractivity contribution in [1.29, 1.82) is 0 Å². The van der Waals surface area contributed by atoms with Crippen LogP contribution in [0.2, 0.25) is 10.0 Å². The molecule has 0 atom stereocenters. The molecular formula is C14H12Cl2FNO. The lowest BCUT2D eigenvalue weighted by molar-refractivity contribution is 0.441. The first-order valence-corrected chi connectivity index (χ1v) is 6.41. The molecule has 0 radical (unpaired) electrons. The van der Waals surface area contributed by atoms with E-state index in [4.69, 9.17) is 27.9 Å². The Morgan fingerprint density at radius 3 is 2.37 bits per heavy atom. The minimum Gasteiger partial charge on any atom is -0.454 e. The van der Waals surface area contributed by atoms with Gasteiger partial charge in [-0.05, 0) is 42.9 Å². The molecule has 0 bridgehead atoms. The molecule has 0 amide bonds. The monoisotopic (exact) mass is 299 g/mol. The summed E-state index contributed by atoms with van der Waals surface area (Å²) in [6, 6.07) is 9.54. The van der Waals surface area contributed by atoms with E-state index in [0.29, 0.717) is 22.3 Å². The largest absolute Gasteiger partial charge is 0.454 e. The van der Waals surface area contributed by atoms with Crippen LogP contribution in [0.5, 0.6) is 11.5 Å². The minimum atomic E-state index is -0.427. The summed E-state index contributed by atoms with van der Waals surface area (Å²) in [5, 5.41) is 3.83. The smallest absolute Gasteiger partial charge is 0.166 e. The Labute approximate surface area is 121 Å². The molecule has 0 fully saturated rings. The molecular weight excluding hydrogens is 288 g/mol. The summed E-state index contributed by atoms with van der Waals surface area (Å²) in [5.74, 6) is 0.111. The Hall–Kier alpha value is -1.29. The maximum atomic E-state index is 13.8. The first-order valence-electron chi connectivity index (χ1n) is 5.65. The molecule has 19 heavy (non-hydrogen) atoms. The van der Waals surface area contributed by atoms with Gasteiger partial charge in [0.2, 0.25) is 0 Å². The van der Waals surface area contributed by atoms with Gasteiger partial charge in [0.05, 0.1) is 0 Å². The summed E-state index contributed by atoms with van der Waals surface area (Å²) >= 11 is 11.7. The van der Waals surface area contributed by atoms with Gasteiger partial charge in [0.25, 0.3) is 0 Å². The van der Waals surface area contributed by atoms with Crippen LogP contribution in [-0.2, 0) is 6.54 Å². The van der Waals surface area contributed by atoms with Gasteiger partial charge >= 0.3 is 0 Å². The van der Waals surface area contributed by atoms with Crippen LogP contribution >= 0.6 is 23.2 Å². The topological polar surface area (TPSA) is 21.3 Å². The fourth-order valence-electron chi connectivity index (χ4n) is 1.66. The van der Waals surface area contributed by atoms with Gasteiger partial charge in [-0.3, -0.25) is 0 Å². The third-order valence-electron chi connectivity index (χ3n) is 2.44. The van der Waals surface area contributed by atoms with Crippen molar-refractivity contribution in [2.75, 3.05) is 7.05 Å². The lowest BCUT2D eigenvalue weighted by Gasteiger charge is -2.09. The Morgan fingerprint density at radius 1 is 1.11 bits per heavy atom. The van der Waals surface area contributed by atoms with E-state index in [2.05, 4.69) is 5.32 Å². The summed E-state index contributed by atoms with van der Waals surface area (Å²) in [5.41, 5.74) is 0.844. The summed E-state index contributed by atoms with van der Waals surface area (Å²) in [6.45, 7) is 0.597. The molecule has 0 aliphatic rings. The minimum absolute atomic E-state index is 0.137. The van der Waals surface area contributed by atoms with Crippen LogP contribution in [-0.4, -0.2) is 7.05 Å². The highest BCUT2D eigenvalue weighted by atomic mass is 35.5. The molecule has 0 aliphatic heterocycles. The van der Waals surface area contributed by atoms with E-state index in [1.807, 2.05) is 0 Å². The predicted octanol–water partition coefficient (Wildman–Crippen LogP) is 4.64. The Kier molecular flexibility index (Phi) is 4.64. The van der Waals surface area contributed by atoms with Gasteiger partial charge in [0.1, 0.15) is 5.75 Å². The van der Waals surface area contributed by atoms with E-state index in [9.17, 15) is 4.39 Å². The van der Waals surface area contributed by atoms with Crippen molar-refractivity contribution in [3.63, 3.8) is 0 Å². The van der Waals surface area contributed by atoms with Crippen molar-refractivity contribution in [2.45, 2.75) is 6.54 Å². The molecule has 0 unspecified atom stereocenters. The number of nitrogens with one attached hydrogen (secondary N) is 1. The Morgan fingerprint density at radius 2 is 1.79 bits per heavy atom. The fourth-order valence-corrected chi connectivity index (χ4v) is 2.16. The van der Waals surface area contributed by atoms with Gasteiger partial charge in [0, 0.05) is 16.6 Å². The van der Waals surface area contributed by atoms with Crippen LogP contribution in [0.1, 0.15) is 5.56 Å². The molecule has 0 aliphatic carbocycles. The number of ether oxygens (including phenoxy) is 1. The maximum Gasteiger partial charge on any atom is 0.166 e. The Balaban J connectivity index is 2.23.